The van der Waals surface area contributed by atoms with Gasteiger partial charge in [-0.25, -0.2) is 9.78 Å². The van der Waals surface area contributed by atoms with Crippen molar-refractivity contribution in [2.24, 2.45) is 0 Å². The Morgan fingerprint density at radius 3 is 2.69 bits per heavy atom. The fourth-order valence-corrected chi connectivity index (χ4v) is 1.06. The SMILES string of the molecule is COC(=O)Nc1cc(C)cc(C)n1. The number of nitrogens with one attached hydrogen (secondary N) is 1. The van der Waals surface area contributed by atoms with Crippen molar-refractivity contribution in [3.63, 3.8) is 0 Å². The van der Waals surface area contributed by atoms with Crippen molar-refractivity contribution in [2.45, 2.75) is 13.8 Å². The Morgan fingerprint density at radius 1 is 1.46 bits per heavy atom. The van der Waals surface area contributed by atoms with Gasteiger partial charge in [-0.2, -0.15) is 0 Å². The van der Waals surface area contributed by atoms with Gasteiger partial charge in [-0.15, -0.1) is 0 Å². The molecule has 13 heavy (non-hydrogen) atoms. The molecule has 0 aromatic carbocycles. The Balaban J connectivity index is 2.83. The summed E-state index contributed by atoms with van der Waals surface area (Å²) in [5.41, 5.74) is 1.92. The zero-order chi connectivity index (χ0) is 9.84. The van der Waals surface area contributed by atoms with E-state index >= 15 is 0 Å². The van der Waals surface area contributed by atoms with Crippen molar-refractivity contribution in [2.75, 3.05) is 12.4 Å². The van der Waals surface area contributed by atoms with Crippen molar-refractivity contribution in [3.8, 4) is 0 Å². The molecule has 1 aromatic heterocycles. The number of pyridine rings is 1. The van der Waals surface area contributed by atoms with Crippen LogP contribution in [0.2, 0.25) is 0 Å². The summed E-state index contributed by atoms with van der Waals surface area (Å²) in [6, 6.07) is 3.71. The van der Waals surface area contributed by atoms with E-state index < -0.39 is 6.09 Å². The topological polar surface area (TPSA) is 51.2 Å². The van der Waals surface area contributed by atoms with Crippen LogP contribution in [0.3, 0.4) is 0 Å². The first-order valence-corrected chi connectivity index (χ1v) is 3.92. The summed E-state index contributed by atoms with van der Waals surface area (Å²) >= 11 is 0. The van der Waals surface area contributed by atoms with Crippen LogP contribution in [0.5, 0.6) is 0 Å². The smallest absolute Gasteiger partial charge is 0.412 e. The van der Waals surface area contributed by atoms with Gasteiger partial charge in [-0.05, 0) is 31.5 Å². The highest BCUT2D eigenvalue weighted by molar-refractivity contribution is 5.83. The van der Waals surface area contributed by atoms with E-state index in [1.807, 2.05) is 19.9 Å². The molecule has 1 rings (SSSR count). The summed E-state index contributed by atoms with van der Waals surface area (Å²) < 4.78 is 4.44. The van der Waals surface area contributed by atoms with Gasteiger partial charge in [-0.3, -0.25) is 5.32 Å². The number of carbonyl (C=O) groups is 1. The Hall–Kier alpha value is -1.58. The number of rotatable bonds is 1. The zero-order valence-electron chi connectivity index (χ0n) is 7.92. The molecule has 1 heterocycles. The molecule has 0 unspecified atom stereocenters. The zero-order valence-corrected chi connectivity index (χ0v) is 7.92. The van der Waals surface area contributed by atoms with E-state index in [1.54, 1.807) is 6.07 Å². The van der Waals surface area contributed by atoms with Crippen molar-refractivity contribution < 1.29 is 9.53 Å². The maximum atomic E-state index is 10.8. The highest BCUT2D eigenvalue weighted by atomic mass is 16.5. The van der Waals surface area contributed by atoms with Crippen LogP contribution in [0, 0.1) is 13.8 Å². The van der Waals surface area contributed by atoms with Crippen molar-refractivity contribution in [1.82, 2.24) is 4.98 Å². The fourth-order valence-electron chi connectivity index (χ4n) is 1.06. The number of nitrogens with zero attached hydrogens (tertiary/aromatic N) is 1. The molecule has 0 aliphatic carbocycles. The lowest BCUT2D eigenvalue weighted by Gasteiger charge is -2.04. The number of ether oxygens (including phenoxy) is 1. The summed E-state index contributed by atoms with van der Waals surface area (Å²) in [4.78, 5) is 14.9. The van der Waals surface area contributed by atoms with E-state index in [2.05, 4.69) is 15.0 Å². The Morgan fingerprint density at radius 2 is 2.15 bits per heavy atom. The van der Waals surface area contributed by atoms with Crippen LogP contribution in [0.25, 0.3) is 0 Å². The summed E-state index contributed by atoms with van der Waals surface area (Å²) in [5, 5.41) is 2.50. The molecular formula is C9H12N2O2. The Labute approximate surface area is 76.9 Å². The predicted molar refractivity (Wildman–Crippen MR) is 49.7 cm³/mol. The molecule has 0 bridgehead atoms. The van der Waals surface area contributed by atoms with Crippen LogP contribution in [-0.2, 0) is 4.74 Å². The van der Waals surface area contributed by atoms with Crippen LogP contribution in [0.4, 0.5) is 10.6 Å². The van der Waals surface area contributed by atoms with E-state index in [1.165, 1.54) is 7.11 Å². The lowest BCUT2D eigenvalue weighted by atomic mass is 10.2. The quantitative estimate of drug-likeness (QED) is 0.717. The minimum absolute atomic E-state index is 0.502. The standard InChI is InChI=1S/C9H12N2O2/c1-6-4-7(2)10-8(5-6)11-9(12)13-3/h4-5H,1-3H3,(H,10,11,12). The first kappa shape index (κ1) is 9.51. The number of anilines is 1. The van der Waals surface area contributed by atoms with Crippen LogP contribution in [-0.4, -0.2) is 18.2 Å². The molecule has 0 saturated carbocycles. The van der Waals surface area contributed by atoms with Crippen LogP contribution in [0.15, 0.2) is 12.1 Å². The normalized spacial score (nSPS) is 9.46. The molecule has 0 spiro atoms. The number of methoxy groups -OCH3 is 1. The molecule has 4 heteroatoms. The average Bonchev–Trinajstić information content (AvgIpc) is 2.02. The second kappa shape index (κ2) is 3.89. The number of hydrogen-bond acceptors (Lipinski definition) is 3. The van der Waals surface area contributed by atoms with Crippen LogP contribution < -0.4 is 5.32 Å². The molecular weight excluding hydrogens is 168 g/mol. The molecule has 1 N–H and O–H groups in total. The minimum Gasteiger partial charge on any atom is -0.453 e. The molecule has 0 saturated heterocycles. The summed E-state index contributed by atoms with van der Waals surface area (Å²) in [6.45, 7) is 3.81. The van der Waals surface area contributed by atoms with Gasteiger partial charge in [-0.1, -0.05) is 0 Å². The lowest BCUT2D eigenvalue weighted by Crippen LogP contribution is -2.12. The predicted octanol–water partition coefficient (Wildman–Crippen LogP) is 1.88. The van der Waals surface area contributed by atoms with E-state index in [0.29, 0.717) is 5.82 Å². The van der Waals surface area contributed by atoms with Crippen molar-refractivity contribution >= 4 is 11.9 Å². The van der Waals surface area contributed by atoms with Crippen LogP contribution >= 0.6 is 0 Å². The first-order valence-electron chi connectivity index (χ1n) is 3.92. The van der Waals surface area contributed by atoms with Gasteiger partial charge in [0.25, 0.3) is 0 Å². The maximum Gasteiger partial charge on any atom is 0.412 e. The first-order chi connectivity index (χ1) is 6.11. The highest BCUT2D eigenvalue weighted by Crippen LogP contribution is 2.08. The molecule has 1 aromatic rings. The van der Waals surface area contributed by atoms with Gasteiger partial charge in [0.15, 0.2) is 0 Å². The maximum absolute atomic E-state index is 10.8. The monoisotopic (exact) mass is 180 g/mol. The summed E-state index contributed by atoms with van der Waals surface area (Å²) in [7, 11) is 1.32. The van der Waals surface area contributed by atoms with Gasteiger partial charge in [0, 0.05) is 5.69 Å². The van der Waals surface area contributed by atoms with Crippen molar-refractivity contribution in [3.05, 3.63) is 23.4 Å². The van der Waals surface area contributed by atoms with Gasteiger partial charge in [0.2, 0.25) is 0 Å². The summed E-state index contributed by atoms with van der Waals surface area (Å²) in [6.07, 6.45) is -0.502. The second-order valence-corrected chi connectivity index (χ2v) is 2.79. The second-order valence-electron chi connectivity index (χ2n) is 2.79. The molecule has 4 nitrogen and oxygen atoms in total. The summed E-state index contributed by atoms with van der Waals surface area (Å²) in [5.74, 6) is 0.518. The molecule has 0 fully saturated rings. The third-order valence-corrected chi connectivity index (χ3v) is 1.51. The van der Waals surface area contributed by atoms with Crippen LogP contribution in [0.1, 0.15) is 11.3 Å². The Bertz CT molecular complexity index is 303. The molecule has 70 valence electrons. The molecule has 0 atom stereocenters. The number of amides is 1. The minimum atomic E-state index is -0.502. The molecule has 0 aliphatic heterocycles. The van der Waals surface area contributed by atoms with E-state index in [0.717, 1.165) is 11.3 Å². The number of hydrogen-bond donors (Lipinski definition) is 1. The highest BCUT2D eigenvalue weighted by Gasteiger charge is 2.02. The molecule has 0 aliphatic rings. The third-order valence-electron chi connectivity index (χ3n) is 1.51. The lowest BCUT2D eigenvalue weighted by molar-refractivity contribution is 0.187. The third kappa shape index (κ3) is 2.74. The number of carbonyl (C=O) groups excluding carboxylic acids is 1. The van der Waals surface area contributed by atoms with Gasteiger partial charge >= 0.3 is 6.09 Å². The van der Waals surface area contributed by atoms with E-state index in [-0.39, 0.29) is 0 Å². The van der Waals surface area contributed by atoms with Gasteiger partial charge in [0.05, 0.1) is 7.11 Å². The molecule has 0 radical (unpaired) electrons. The van der Waals surface area contributed by atoms with E-state index in [9.17, 15) is 4.79 Å². The van der Waals surface area contributed by atoms with E-state index in [4.69, 9.17) is 0 Å². The fraction of sp³-hybridized carbons (Fsp3) is 0.333. The Kier molecular flexibility index (Phi) is 2.84. The molecule has 1 amide bonds. The van der Waals surface area contributed by atoms with Crippen molar-refractivity contribution in [1.29, 1.82) is 0 Å². The average molecular weight is 180 g/mol. The number of aryl methyl sites for hydroxylation is 2. The number of aromatic nitrogens is 1. The van der Waals surface area contributed by atoms with Gasteiger partial charge in [0.1, 0.15) is 5.82 Å². The largest absolute Gasteiger partial charge is 0.453 e. The van der Waals surface area contributed by atoms with Gasteiger partial charge < -0.3 is 4.74 Å².